The number of carboxylic acid groups (broad SMARTS) is 1. The highest BCUT2D eigenvalue weighted by Gasteiger charge is 2.15. The van der Waals surface area contributed by atoms with Gasteiger partial charge in [-0.15, -0.1) is 5.10 Å². The van der Waals surface area contributed by atoms with E-state index in [0.29, 0.717) is 24.1 Å². The molecule has 6 heteroatoms. The van der Waals surface area contributed by atoms with E-state index in [4.69, 9.17) is 5.11 Å². The highest BCUT2D eigenvalue weighted by atomic mass is 16.4. The molecule has 23 heavy (non-hydrogen) atoms. The van der Waals surface area contributed by atoms with Gasteiger partial charge in [0.05, 0.1) is 16.9 Å². The maximum atomic E-state index is 11.2. The topological polar surface area (TPSA) is 85.1 Å². The molecule has 0 saturated carbocycles. The third-order valence-electron chi connectivity index (χ3n) is 3.46. The summed E-state index contributed by atoms with van der Waals surface area (Å²) < 4.78 is 1.50. The molecule has 0 aliphatic rings. The number of hydrogen-bond donors (Lipinski definition) is 1. The van der Waals surface area contributed by atoms with Gasteiger partial charge in [-0.3, -0.25) is 4.79 Å². The summed E-state index contributed by atoms with van der Waals surface area (Å²) in [5, 5.41) is 17.0. The zero-order chi connectivity index (χ0) is 16.2. The van der Waals surface area contributed by atoms with Gasteiger partial charge in [-0.1, -0.05) is 41.6 Å². The van der Waals surface area contributed by atoms with Crippen molar-refractivity contribution >= 4 is 12.3 Å². The molecule has 0 aliphatic heterocycles. The van der Waals surface area contributed by atoms with E-state index < -0.39 is 5.97 Å². The third kappa shape index (κ3) is 3.01. The van der Waals surface area contributed by atoms with Crippen molar-refractivity contribution in [2.75, 3.05) is 0 Å². The number of carboxylic acids is 1. The summed E-state index contributed by atoms with van der Waals surface area (Å²) >= 11 is 0. The highest BCUT2D eigenvalue weighted by molar-refractivity contribution is 5.88. The van der Waals surface area contributed by atoms with Crippen LogP contribution in [0.5, 0.6) is 0 Å². The summed E-state index contributed by atoms with van der Waals surface area (Å²) in [4.78, 5) is 22.3. The van der Waals surface area contributed by atoms with Crippen molar-refractivity contribution in [1.82, 2.24) is 15.0 Å². The molecular weight excluding hydrogens is 294 g/mol. The Balaban J connectivity index is 2.06. The standard InChI is InChI=1S/C17H13N3O3/c21-11-15-16(9-12-5-2-1-3-6-12)20(19-18-15)14-8-4-7-13(10-14)17(22)23/h1-8,10-11H,9H2,(H,22,23). The number of hydrogen-bond acceptors (Lipinski definition) is 4. The average molecular weight is 307 g/mol. The number of rotatable bonds is 5. The second-order valence-corrected chi connectivity index (χ2v) is 4.97. The lowest BCUT2D eigenvalue weighted by atomic mass is 10.1. The van der Waals surface area contributed by atoms with Crippen LogP contribution in [0.15, 0.2) is 54.6 Å². The van der Waals surface area contributed by atoms with Crippen molar-refractivity contribution in [2.45, 2.75) is 6.42 Å². The summed E-state index contributed by atoms with van der Waals surface area (Å²) in [5.41, 5.74) is 2.57. The SMILES string of the molecule is O=Cc1nnn(-c2cccc(C(=O)O)c2)c1Cc1ccccc1. The number of carbonyl (C=O) groups excluding carboxylic acids is 1. The number of nitrogens with zero attached hydrogens (tertiary/aromatic N) is 3. The van der Waals surface area contributed by atoms with Crippen LogP contribution >= 0.6 is 0 Å². The highest BCUT2D eigenvalue weighted by Crippen LogP contribution is 2.17. The molecule has 1 heterocycles. The van der Waals surface area contributed by atoms with Crippen molar-refractivity contribution in [3.63, 3.8) is 0 Å². The maximum absolute atomic E-state index is 11.2. The first kappa shape index (κ1) is 14.6. The normalized spacial score (nSPS) is 10.4. The zero-order valence-electron chi connectivity index (χ0n) is 12.1. The number of benzene rings is 2. The van der Waals surface area contributed by atoms with Gasteiger partial charge in [0.25, 0.3) is 0 Å². The summed E-state index contributed by atoms with van der Waals surface area (Å²) in [7, 11) is 0. The van der Waals surface area contributed by atoms with Crippen LogP contribution in [0.4, 0.5) is 0 Å². The Kier molecular flexibility index (Phi) is 3.97. The molecule has 0 saturated heterocycles. The van der Waals surface area contributed by atoms with Crippen LogP contribution in [0.3, 0.4) is 0 Å². The van der Waals surface area contributed by atoms with Gasteiger partial charge in [-0.2, -0.15) is 0 Å². The Bertz CT molecular complexity index is 857. The molecule has 1 N–H and O–H groups in total. The van der Waals surface area contributed by atoms with Crippen molar-refractivity contribution in [3.05, 3.63) is 77.1 Å². The summed E-state index contributed by atoms with van der Waals surface area (Å²) in [6.45, 7) is 0. The molecule has 0 amide bonds. The van der Waals surface area contributed by atoms with Gasteiger partial charge in [0.2, 0.25) is 0 Å². The molecule has 114 valence electrons. The largest absolute Gasteiger partial charge is 0.478 e. The molecule has 2 aromatic carbocycles. The minimum absolute atomic E-state index is 0.149. The molecular formula is C17H13N3O3. The van der Waals surface area contributed by atoms with Crippen LogP contribution in [0.2, 0.25) is 0 Å². The van der Waals surface area contributed by atoms with Crippen LogP contribution in [-0.2, 0) is 6.42 Å². The molecule has 0 bridgehead atoms. The van der Waals surface area contributed by atoms with E-state index >= 15 is 0 Å². The molecule has 0 spiro atoms. The first-order chi connectivity index (χ1) is 11.2. The van der Waals surface area contributed by atoms with Crippen molar-refractivity contribution < 1.29 is 14.7 Å². The van der Waals surface area contributed by atoms with Crippen molar-refractivity contribution in [3.8, 4) is 5.69 Å². The average Bonchev–Trinajstić information content (AvgIpc) is 2.98. The summed E-state index contributed by atoms with van der Waals surface area (Å²) in [5.74, 6) is -1.02. The third-order valence-corrected chi connectivity index (χ3v) is 3.46. The fourth-order valence-electron chi connectivity index (χ4n) is 2.34. The van der Waals surface area contributed by atoms with Crippen LogP contribution in [-0.4, -0.2) is 32.4 Å². The Morgan fingerprint density at radius 2 is 1.91 bits per heavy atom. The lowest BCUT2D eigenvalue weighted by Gasteiger charge is -2.08. The maximum Gasteiger partial charge on any atom is 0.335 e. The predicted molar refractivity (Wildman–Crippen MR) is 83.0 cm³/mol. The summed E-state index contributed by atoms with van der Waals surface area (Å²) in [6.07, 6.45) is 1.13. The van der Waals surface area contributed by atoms with Gasteiger partial charge in [-0.05, 0) is 23.8 Å². The van der Waals surface area contributed by atoms with Gasteiger partial charge in [0.1, 0.15) is 5.69 Å². The van der Waals surface area contributed by atoms with E-state index in [1.807, 2.05) is 30.3 Å². The molecule has 0 unspecified atom stereocenters. The van der Waals surface area contributed by atoms with Gasteiger partial charge in [0, 0.05) is 6.42 Å². The Labute approximate surface area is 132 Å². The van der Waals surface area contributed by atoms with Crippen molar-refractivity contribution in [2.24, 2.45) is 0 Å². The van der Waals surface area contributed by atoms with Crippen LogP contribution in [0.25, 0.3) is 5.69 Å². The van der Waals surface area contributed by atoms with Crippen LogP contribution < -0.4 is 0 Å². The minimum atomic E-state index is -1.02. The van der Waals surface area contributed by atoms with Gasteiger partial charge in [0.15, 0.2) is 6.29 Å². The van der Waals surface area contributed by atoms with Crippen LogP contribution in [0.1, 0.15) is 32.1 Å². The second-order valence-electron chi connectivity index (χ2n) is 4.97. The van der Waals surface area contributed by atoms with E-state index in [2.05, 4.69) is 10.3 Å². The minimum Gasteiger partial charge on any atom is -0.478 e. The van der Waals surface area contributed by atoms with Gasteiger partial charge >= 0.3 is 5.97 Å². The Hall–Kier alpha value is -3.28. The number of aromatic carboxylic acids is 1. The number of carbonyl (C=O) groups is 2. The number of aromatic nitrogens is 3. The molecule has 3 aromatic rings. The Morgan fingerprint density at radius 3 is 2.61 bits per heavy atom. The predicted octanol–water partition coefficient (Wildman–Crippen LogP) is 2.37. The Morgan fingerprint density at radius 1 is 1.13 bits per heavy atom. The van der Waals surface area contributed by atoms with Crippen LogP contribution in [0, 0.1) is 0 Å². The zero-order valence-corrected chi connectivity index (χ0v) is 12.1. The van der Waals surface area contributed by atoms with Gasteiger partial charge in [-0.25, -0.2) is 9.48 Å². The fraction of sp³-hybridized carbons (Fsp3) is 0.0588. The molecule has 3 rings (SSSR count). The van der Waals surface area contributed by atoms with Gasteiger partial charge < -0.3 is 5.11 Å². The quantitative estimate of drug-likeness (QED) is 0.731. The van der Waals surface area contributed by atoms with E-state index in [-0.39, 0.29) is 11.3 Å². The molecule has 0 radical (unpaired) electrons. The molecule has 6 nitrogen and oxygen atoms in total. The smallest absolute Gasteiger partial charge is 0.335 e. The molecule has 0 aliphatic carbocycles. The first-order valence-corrected chi connectivity index (χ1v) is 6.96. The molecule has 0 fully saturated rings. The van der Waals surface area contributed by atoms with E-state index in [9.17, 15) is 9.59 Å². The van der Waals surface area contributed by atoms with E-state index in [0.717, 1.165) is 5.56 Å². The van der Waals surface area contributed by atoms with E-state index in [1.54, 1.807) is 12.1 Å². The lowest BCUT2D eigenvalue weighted by molar-refractivity contribution is 0.0696. The number of aldehydes is 1. The summed E-state index contributed by atoms with van der Waals surface area (Å²) in [6, 6.07) is 16.0. The second kappa shape index (κ2) is 6.23. The lowest BCUT2D eigenvalue weighted by Crippen LogP contribution is -2.06. The first-order valence-electron chi connectivity index (χ1n) is 6.96. The van der Waals surface area contributed by atoms with E-state index in [1.165, 1.54) is 16.8 Å². The monoisotopic (exact) mass is 307 g/mol. The fourth-order valence-corrected chi connectivity index (χ4v) is 2.34. The molecule has 1 aromatic heterocycles. The van der Waals surface area contributed by atoms with Crippen molar-refractivity contribution in [1.29, 1.82) is 0 Å². The molecule has 0 atom stereocenters.